The Labute approximate surface area is 147 Å². The number of fused-ring (bicyclic) bond motifs is 2. The van der Waals surface area contributed by atoms with E-state index in [1.165, 1.54) is 6.07 Å². The van der Waals surface area contributed by atoms with Gasteiger partial charge in [-0.2, -0.15) is 0 Å². The summed E-state index contributed by atoms with van der Waals surface area (Å²) in [4.78, 5) is 26.0. The molecule has 0 aliphatic carbocycles. The molecule has 4 aromatic rings. The van der Waals surface area contributed by atoms with Crippen LogP contribution < -0.4 is 5.32 Å². The SMILES string of the molecule is C[C@H](NC(=O)c1cc2cccc([N+](=O)[O-])c2[nH]1)c1cc2ccccc2o1. The lowest BCUT2D eigenvalue weighted by Gasteiger charge is -2.10. The molecule has 0 spiro atoms. The monoisotopic (exact) mass is 349 g/mol. The second-order valence-electron chi connectivity index (χ2n) is 6.06. The zero-order chi connectivity index (χ0) is 18.3. The summed E-state index contributed by atoms with van der Waals surface area (Å²) in [5.74, 6) is 0.282. The van der Waals surface area contributed by atoms with Crippen LogP contribution in [0.5, 0.6) is 0 Å². The summed E-state index contributed by atoms with van der Waals surface area (Å²) in [6.45, 7) is 1.82. The van der Waals surface area contributed by atoms with Crippen LogP contribution in [0.15, 0.2) is 59.0 Å². The number of aromatic nitrogens is 1. The van der Waals surface area contributed by atoms with Gasteiger partial charge in [-0.3, -0.25) is 14.9 Å². The fourth-order valence-electron chi connectivity index (χ4n) is 2.98. The smallest absolute Gasteiger partial charge is 0.293 e. The summed E-state index contributed by atoms with van der Waals surface area (Å²) in [5.41, 5.74) is 1.29. The standard InChI is InChI=1S/C19H15N3O4/c1-11(17-10-12-5-2-3-8-16(12)26-17)20-19(23)14-9-13-6-4-7-15(22(24)25)18(13)21-14/h2-11,21H,1H3,(H,20,23)/t11-/m0/s1. The van der Waals surface area contributed by atoms with Crippen molar-refractivity contribution in [1.29, 1.82) is 0 Å². The van der Waals surface area contributed by atoms with Gasteiger partial charge in [-0.15, -0.1) is 0 Å². The number of H-pyrrole nitrogens is 1. The Kier molecular flexibility index (Phi) is 3.69. The molecular weight excluding hydrogens is 334 g/mol. The van der Waals surface area contributed by atoms with Gasteiger partial charge in [-0.05, 0) is 25.1 Å². The number of nitrogens with zero attached hydrogens (tertiary/aromatic N) is 1. The molecule has 0 aliphatic rings. The predicted molar refractivity (Wildman–Crippen MR) is 97.0 cm³/mol. The van der Waals surface area contributed by atoms with Crippen LogP contribution in [0.1, 0.15) is 29.2 Å². The third kappa shape index (κ3) is 2.69. The Balaban J connectivity index is 1.60. The molecule has 1 atom stereocenters. The second kappa shape index (κ2) is 6.03. The summed E-state index contributed by atoms with van der Waals surface area (Å²) in [7, 11) is 0. The summed E-state index contributed by atoms with van der Waals surface area (Å²) in [5, 5.41) is 15.5. The summed E-state index contributed by atoms with van der Waals surface area (Å²) in [6.07, 6.45) is 0. The molecule has 0 radical (unpaired) electrons. The van der Waals surface area contributed by atoms with Gasteiger partial charge in [-0.25, -0.2) is 0 Å². The van der Waals surface area contributed by atoms with E-state index < -0.39 is 4.92 Å². The van der Waals surface area contributed by atoms with Gasteiger partial charge in [0, 0.05) is 16.8 Å². The number of para-hydroxylation sites is 2. The Bertz CT molecular complexity index is 1110. The minimum Gasteiger partial charge on any atom is -0.459 e. The van der Waals surface area contributed by atoms with E-state index in [9.17, 15) is 14.9 Å². The van der Waals surface area contributed by atoms with Gasteiger partial charge in [0.25, 0.3) is 11.6 Å². The van der Waals surface area contributed by atoms with Crippen molar-refractivity contribution in [2.24, 2.45) is 0 Å². The Morgan fingerprint density at radius 2 is 1.92 bits per heavy atom. The van der Waals surface area contributed by atoms with Crippen LogP contribution in [0.2, 0.25) is 0 Å². The van der Waals surface area contributed by atoms with Crippen LogP contribution in [0.3, 0.4) is 0 Å². The lowest BCUT2D eigenvalue weighted by atomic mass is 10.2. The molecule has 0 bridgehead atoms. The maximum Gasteiger partial charge on any atom is 0.293 e. The Morgan fingerprint density at radius 3 is 2.69 bits per heavy atom. The topological polar surface area (TPSA) is 101 Å². The zero-order valence-electron chi connectivity index (χ0n) is 13.9. The van der Waals surface area contributed by atoms with E-state index in [2.05, 4.69) is 10.3 Å². The number of rotatable bonds is 4. The molecule has 0 saturated heterocycles. The number of furan rings is 1. The fourth-order valence-corrected chi connectivity index (χ4v) is 2.98. The first-order valence-electron chi connectivity index (χ1n) is 8.08. The Hall–Kier alpha value is -3.61. The number of nitro benzene ring substituents is 1. The number of aromatic amines is 1. The number of hydrogen-bond acceptors (Lipinski definition) is 4. The fraction of sp³-hybridized carbons (Fsp3) is 0.105. The van der Waals surface area contributed by atoms with Crippen LogP contribution >= 0.6 is 0 Å². The number of hydrogen-bond donors (Lipinski definition) is 2. The maximum absolute atomic E-state index is 12.5. The molecule has 1 amide bonds. The Morgan fingerprint density at radius 1 is 1.15 bits per heavy atom. The molecule has 2 aromatic heterocycles. The number of amides is 1. The highest BCUT2D eigenvalue weighted by atomic mass is 16.6. The van der Waals surface area contributed by atoms with E-state index in [4.69, 9.17) is 4.42 Å². The third-order valence-electron chi connectivity index (χ3n) is 4.29. The highest BCUT2D eigenvalue weighted by molar-refractivity contribution is 6.00. The van der Waals surface area contributed by atoms with Crippen molar-refractivity contribution in [1.82, 2.24) is 10.3 Å². The normalized spacial score (nSPS) is 12.3. The van der Waals surface area contributed by atoms with Crippen molar-refractivity contribution in [3.63, 3.8) is 0 Å². The molecule has 0 unspecified atom stereocenters. The maximum atomic E-state index is 12.5. The van der Waals surface area contributed by atoms with E-state index in [0.29, 0.717) is 16.7 Å². The van der Waals surface area contributed by atoms with E-state index >= 15 is 0 Å². The van der Waals surface area contributed by atoms with Crippen LogP contribution in [0, 0.1) is 10.1 Å². The van der Waals surface area contributed by atoms with Gasteiger partial charge >= 0.3 is 0 Å². The summed E-state index contributed by atoms with van der Waals surface area (Å²) < 4.78 is 5.76. The molecule has 2 aromatic carbocycles. The molecule has 0 fully saturated rings. The highest BCUT2D eigenvalue weighted by Gasteiger charge is 2.19. The molecular formula is C19H15N3O4. The van der Waals surface area contributed by atoms with Crippen molar-refractivity contribution in [2.45, 2.75) is 13.0 Å². The second-order valence-corrected chi connectivity index (χ2v) is 6.06. The lowest BCUT2D eigenvalue weighted by molar-refractivity contribution is -0.383. The first-order valence-corrected chi connectivity index (χ1v) is 8.08. The van der Waals surface area contributed by atoms with Crippen LogP contribution in [-0.4, -0.2) is 15.8 Å². The van der Waals surface area contributed by atoms with Gasteiger partial charge < -0.3 is 14.7 Å². The van der Waals surface area contributed by atoms with Gasteiger partial charge in [-0.1, -0.05) is 30.3 Å². The molecule has 2 heterocycles. The first-order chi connectivity index (χ1) is 12.5. The lowest BCUT2D eigenvalue weighted by Crippen LogP contribution is -2.26. The van der Waals surface area contributed by atoms with E-state index in [0.717, 1.165) is 11.0 Å². The number of carbonyl (C=O) groups excluding carboxylic acids is 1. The molecule has 0 aliphatic heterocycles. The van der Waals surface area contributed by atoms with Crippen molar-refractivity contribution in [3.8, 4) is 0 Å². The quantitative estimate of drug-likeness (QED) is 0.423. The van der Waals surface area contributed by atoms with Gasteiger partial charge in [0.1, 0.15) is 22.6 Å². The van der Waals surface area contributed by atoms with Crippen molar-refractivity contribution in [3.05, 3.63) is 76.2 Å². The van der Waals surface area contributed by atoms with Crippen LogP contribution in [-0.2, 0) is 0 Å². The third-order valence-corrected chi connectivity index (χ3v) is 4.29. The van der Waals surface area contributed by atoms with Crippen molar-refractivity contribution < 1.29 is 14.1 Å². The molecule has 7 nitrogen and oxygen atoms in total. The molecule has 7 heteroatoms. The number of nitro groups is 1. The molecule has 130 valence electrons. The molecule has 2 N–H and O–H groups in total. The summed E-state index contributed by atoms with van der Waals surface area (Å²) in [6, 6.07) is 15.5. The van der Waals surface area contributed by atoms with Crippen molar-refractivity contribution in [2.75, 3.05) is 0 Å². The van der Waals surface area contributed by atoms with E-state index in [-0.39, 0.29) is 23.3 Å². The number of carbonyl (C=O) groups is 1. The zero-order valence-corrected chi connectivity index (χ0v) is 13.9. The van der Waals surface area contributed by atoms with Gasteiger partial charge in [0.15, 0.2) is 0 Å². The predicted octanol–water partition coefficient (Wildman–Crippen LogP) is 4.31. The molecule has 26 heavy (non-hydrogen) atoms. The highest BCUT2D eigenvalue weighted by Crippen LogP contribution is 2.26. The molecule has 0 saturated carbocycles. The number of non-ortho nitro benzene ring substituents is 1. The van der Waals surface area contributed by atoms with Crippen LogP contribution in [0.25, 0.3) is 21.9 Å². The van der Waals surface area contributed by atoms with Crippen molar-refractivity contribution >= 4 is 33.5 Å². The largest absolute Gasteiger partial charge is 0.459 e. The molecule has 4 rings (SSSR count). The van der Waals surface area contributed by atoms with Gasteiger partial charge in [0.2, 0.25) is 0 Å². The average molecular weight is 349 g/mol. The number of benzene rings is 2. The minimum atomic E-state index is -0.475. The first kappa shape index (κ1) is 15.9. The van der Waals surface area contributed by atoms with E-state index in [1.807, 2.05) is 37.3 Å². The average Bonchev–Trinajstić information content (AvgIpc) is 3.25. The van der Waals surface area contributed by atoms with Gasteiger partial charge in [0.05, 0.1) is 11.0 Å². The summed E-state index contributed by atoms with van der Waals surface area (Å²) >= 11 is 0. The van der Waals surface area contributed by atoms with Crippen LogP contribution in [0.4, 0.5) is 5.69 Å². The minimum absolute atomic E-state index is 0.0631. The number of nitrogens with one attached hydrogen (secondary N) is 2. The van der Waals surface area contributed by atoms with E-state index in [1.54, 1.807) is 18.2 Å².